The van der Waals surface area contributed by atoms with Gasteiger partial charge >= 0.3 is 0 Å². The molecule has 0 spiro atoms. The van der Waals surface area contributed by atoms with E-state index in [-0.39, 0.29) is 5.91 Å². The topological polar surface area (TPSA) is 58.7 Å². The number of carbonyl (C=O) groups is 1. The van der Waals surface area contributed by atoms with E-state index in [0.717, 1.165) is 16.9 Å². The summed E-state index contributed by atoms with van der Waals surface area (Å²) in [5.41, 5.74) is 2.70. The van der Waals surface area contributed by atoms with Gasteiger partial charge in [-0.25, -0.2) is 0 Å². The molecular weight excluding hydrogens is 226 g/mol. The van der Waals surface area contributed by atoms with Gasteiger partial charge in [0.25, 0.3) is 5.91 Å². The smallest absolute Gasteiger partial charge is 0.283 e. The molecule has 3 rings (SSSR count). The van der Waals surface area contributed by atoms with Crippen LogP contribution in [0.2, 0.25) is 0 Å². The monoisotopic (exact) mass is 237 g/mol. The molecule has 18 heavy (non-hydrogen) atoms. The number of para-hydroxylation sites is 2. The van der Waals surface area contributed by atoms with Crippen molar-refractivity contribution >= 4 is 23.0 Å². The first-order valence-electron chi connectivity index (χ1n) is 5.59. The summed E-state index contributed by atoms with van der Waals surface area (Å²) in [6.45, 7) is 0. The fourth-order valence-electron chi connectivity index (χ4n) is 2.16. The number of hydrogen-bond donors (Lipinski definition) is 1. The van der Waals surface area contributed by atoms with Crippen LogP contribution < -0.4 is 10.7 Å². The van der Waals surface area contributed by atoms with Crippen LogP contribution in [-0.2, 0) is 4.79 Å². The molecule has 2 aromatic carbocycles. The van der Waals surface area contributed by atoms with Crippen molar-refractivity contribution in [1.29, 1.82) is 0 Å². The lowest BCUT2D eigenvalue weighted by molar-refractivity contribution is -0.111. The number of carbonyl (C=O) groups excluding carboxylic acids is 1. The number of nitrogens with zero attached hydrogens (tertiary/aromatic N) is 2. The molecule has 2 N–H and O–H groups in total. The predicted octanol–water partition coefficient (Wildman–Crippen LogP) is 2.03. The highest BCUT2D eigenvalue weighted by Crippen LogP contribution is 2.34. The Kier molecular flexibility index (Phi) is 2.34. The van der Waals surface area contributed by atoms with Gasteiger partial charge in [-0.1, -0.05) is 36.4 Å². The molecule has 0 saturated heterocycles. The minimum absolute atomic E-state index is 0.190. The molecule has 0 radical (unpaired) electrons. The molecule has 0 aromatic heterocycles. The minimum atomic E-state index is -0.190. The van der Waals surface area contributed by atoms with Gasteiger partial charge in [-0.15, -0.1) is 0 Å². The van der Waals surface area contributed by atoms with E-state index in [1.165, 1.54) is 0 Å². The summed E-state index contributed by atoms with van der Waals surface area (Å²) in [5.74, 6) is 5.13. The highest BCUT2D eigenvalue weighted by Gasteiger charge is 2.34. The van der Waals surface area contributed by atoms with Gasteiger partial charge < -0.3 is 5.84 Å². The van der Waals surface area contributed by atoms with Crippen LogP contribution in [0.4, 0.5) is 11.4 Å². The van der Waals surface area contributed by atoms with Gasteiger partial charge in [-0.2, -0.15) is 5.10 Å². The number of nitrogens with two attached hydrogens (primary N) is 1. The molecule has 0 bridgehead atoms. The Bertz CT molecular complexity index is 634. The predicted molar refractivity (Wildman–Crippen MR) is 70.8 cm³/mol. The Balaban J connectivity index is 2.21. The van der Waals surface area contributed by atoms with Crippen molar-refractivity contribution < 1.29 is 4.79 Å². The van der Waals surface area contributed by atoms with Crippen LogP contribution in [0.1, 0.15) is 5.56 Å². The maximum absolute atomic E-state index is 12.3. The van der Waals surface area contributed by atoms with Crippen LogP contribution in [0.5, 0.6) is 0 Å². The van der Waals surface area contributed by atoms with Crippen molar-refractivity contribution in [1.82, 2.24) is 0 Å². The quantitative estimate of drug-likeness (QED) is 0.609. The summed E-state index contributed by atoms with van der Waals surface area (Å²) in [7, 11) is 0. The number of anilines is 2. The zero-order valence-corrected chi connectivity index (χ0v) is 9.58. The van der Waals surface area contributed by atoms with Gasteiger partial charge in [0.15, 0.2) is 5.71 Å². The molecule has 0 atom stereocenters. The Labute approximate surface area is 104 Å². The third-order valence-electron chi connectivity index (χ3n) is 2.95. The summed E-state index contributed by atoms with van der Waals surface area (Å²) in [5, 5.41) is 3.61. The Hall–Kier alpha value is -2.62. The number of amides is 1. The first-order valence-corrected chi connectivity index (χ1v) is 5.59. The average molecular weight is 237 g/mol. The van der Waals surface area contributed by atoms with E-state index in [1.54, 1.807) is 4.90 Å². The van der Waals surface area contributed by atoms with Crippen molar-refractivity contribution in [2.24, 2.45) is 10.9 Å². The molecule has 0 aliphatic carbocycles. The molecule has 1 aliphatic rings. The molecule has 0 unspecified atom stereocenters. The summed E-state index contributed by atoms with van der Waals surface area (Å²) < 4.78 is 0. The van der Waals surface area contributed by atoms with Gasteiger partial charge in [-0.05, 0) is 18.2 Å². The molecule has 1 aliphatic heterocycles. The Morgan fingerprint density at radius 3 is 2.33 bits per heavy atom. The zero-order chi connectivity index (χ0) is 12.5. The fourth-order valence-corrected chi connectivity index (χ4v) is 2.16. The molecule has 88 valence electrons. The van der Waals surface area contributed by atoms with Crippen LogP contribution in [0, 0.1) is 0 Å². The van der Waals surface area contributed by atoms with Crippen molar-refractivity contribution in [2.45, 2.75) is 0 Å². The Morgan fingerprint density at radius 2 is 1.61 bits per heavy atom. The summed E-state index contributed by atoms with van der Waals surface area (Å²) >= 11 is 0. The first-order chi connectivity index (χ1) is 8.83. The molecular formula is C14H11N3O. The van der Waals surface area contributed by atoms with E-state index in [0.29, 0.717) is 5.71 Å². The SMILES string of the molecule is NN=C1C(=O)N(c2ccccc2)c2ccccc21. The maximum atomic E-state index is 12.3. The van der Waals surface area contributed by atoms with E-state index in [1.807, 2.05) is 54.6 Å². The van der Waals surface area contributed by atoms with E-state index < -0.39 is 0 Å². The van der Waals surface area contributed by atoms with E-state index in [4.69, 9.17) is 5.84 Å². The molecule has 0 fully saturated rings. The summed E-state index contributed by atoms with van der Waals surface area (Å²) in [4.78, 5) is 13.9. The highest BCUT2D eigenvalue weighted by molar-refractivity contribution is 6.55. The molecule has 0 saturated carbocycles. The lowest BCUT2D eigenvalue weighted by Gasteiger charge is -2.16. The van der Waals surface area contributed by atoms with Crippen molar-refractivity contribution in [3.05, 3.63) is 60.2 Å². The molecule has 4 heteroatoms. The van der Waals surface area contributed by atoms with Crippen LogP contribution in [0.25, 0.3) is 0 Å². The zero-order valence-electron chi connectivity index (χ0n) is 9.58. The normalized spacial score (nSPS) is 16.1. The van der Waals surface area contributed by atoms with E-state index in [9.17, 15) is 4.79 Å². The third kappa shape index (κ3) is 1.39. The second kappa shape index (κ2) is 4.00. The van der Waals surface area contributed by atoms with Gasteiger partial charge in [0, 0.05) is 11.3 Å². The summed E-state index contributed by atoms with van der Waals surface area (Å²) in [6.07, 6.45) is 0. The second-order valence-electron chi connectivity index (χ2n) is 3.97. The molecule has 4 nitrogen and oxygen atoms in total. The van der Waals surface area contributed by atoms with Crippen LogP contribution in [0.15, 0.2) is 59.7 Å². The minimum Gasteiger partial charge on any atom is -0.322 e. The number of hydrazone groups is 1. The number of rotatable bonds is 1. The van der Waals surface area contributed by atoms with Gasteiger partial charge in [0.05, 0.1) is 5.69 Å². The van der Waals surface area contributed by atoms with Crippen molar-refractivity contribution in [3.8, 4) is 0 Å². The van der Waals surface area contributed by atoms with Crippen molar-refractivity contribution in [2.75, 3.05) is 4.90 Å². The second-order valence-corrected chi connectivity index (χ2v) is 3.97. The summed E-state index contributed by atoms with van der Waals surface area (Å²) in [6, 6.07) is 17.0. The standard InChI is InChI=1S/C14H11N3O/c15-16-13-11-8-4-5-9-12(11)17(14(13)18)10-6-2-1-3-7-10/h1-9H,15H2. The number of benzene rings is 2. The lowest BCUT2D eigenvalue weighted by Crippen LogP contribution is -2.26. The van der Waals surface area contributed by atoms with Crippen LogP contribution >= 0.6 is 0 Å². The third-order valence-corrected chi connectivity index (χ3v) is 2.95. The first kappa shape index (κ1) is 10.5. The molecule has 1 amide bonds. The largest absolute Gasteiger partial charge is 0.322 e. The van der Waals surface area contributed by atoms with E-state index in [2.05, 4.69) is 5.10 Å². The number of hydrogen-bond acceptors (Lipinski definition) is 3. The number of fused-ring (bicyclic) bond motifs is 1. The van der Waals surface area contributed by atoms with E-state index >= 15 is 0 Å². The van der Waals surface area contributed by atoms with Gasteiger partial charge in [0.1, 0.15) is 0 Å². The van der Waals surface area contributed by atoms with Gasteiger partial charge in [0.2, 0.25) is 0 Å². The molecule has 1 heterocycles. The van der Waals surface area contributed by atoms with Gasteiger partial charge in [-0.3, -0.25) is 9.69 Å². The fraction of sp³-hybridized carbons (Fsp3) is 0. The maximum Gasteiger partial charge on any atom is 0.283 e. The van der Waals surface area contributed by atoms with Crippen molar-refractivity contribution in [3.63, 3.8) is 0 Å². The van der Waals surface area contributed by atoms with Crippen LogP contribution in [-0.4, -0.2) is 11.6 Å². The highest BCUT2D eigenvalue weighted by atomic mass is 16.2. The average Bonchev–Trinajstić information content (AvgIpc) is 2.71. The Morgan fingerprint density at radius 1 is 0.944 bits per heavy atom. The van der Waals surface area contributed by atoms with Crippen LogP contribution in [0.3, 0.4) is 0 Å². The lowest BCUT2D eigenvalue weighted by atomic mass is 10.1. The molecule has 2 aromatic rings.